The minimum absolute atomic E-state index is 0.0234. The molecule has 33 heavy (non-hydrogen) atoms. The average molecular weight is 467 g/mol. The van der Waals surface area contributed by atoms with Gasteiger partial charge < -0.3 is 18.8 Å². The molecule has 0 aliphatic carbocycles. The molecule has 9 heteroatoms. The van der Waals surface area contributed by atoms with Crippen LogP contribution < -0.4 is 14.2 Å². The summed E-state index contributed by atoms with van der Waals surface area (Å²) >= 11 is 0. The van der Waals surface area contributed by atoms with E-state index < -0.39 is 10.0 Å². The lowest BCUT2D eigenvalue weighted by Gasteiger charge is -2.19. The Morgan fingerprint density at radius 2 is 1.88 bits per heavy atom. The molecular weight excluding hydrogens is 444 g/mol. The fourth-order valence-electron chi connectivity index (χ4n) is 3.32. The normalized spacial score (nSPS) is 12.9. The lowest BCUT2D eigenvalue weighted by atomic mass is 10.1. The molecule has 2 aromatic carbocycles. The van der Waals surface area contributed by atoms with Crippen LogP contribution in [0.3, 0.4) is 0 Å². The average Bonchev–Trinajstić information content (AvgIpc) is 3.20. The highest BCUT2D eigenvalue weighted by molar-refractivity contribution is 7.92. The number of anilines is 1. The number of nitrogens with zero attached hydrogens (tertiary/aromatic N) is 1. The number of terminal acetylenes is 1. The molecule has 0 fully saturated rings. The number of benzene rings is 2. The maximum atomic E-state index is 13.0. The summed E-state index contributed by atoms with van der Waals surface area (Å²) in [5, 5.41) is 0. The van der Waals surface area contributed by atoms with Crippen molar-refractivity contribution in [3.63, 3.8) is 0 Å². The van der Waals surface area contributed by atoms with Crippen LogP contribution >= 0.6 is 0 Å². The van der Waals surface area contributed by atoms with E-state index >= 15 is 0 Å². The number of carbonyl (C=O) groups excluding carboxylic acids is 1. The molecule has 1 aliphatic rings. The Labute approximate surface area is 192 Å². The molecule has 0 radical (unpaired) electrons. The number of hydrogen-bond acceptors (Lipinski definition) is 6. The second-order valence-corrected chi connectivity index (χ2v) is 8.97. The van der Waals surface area contributed by atoms with Crippen molar-refractivity contribution in [1.82, 2.24) is 4.90 Å². The molecule has 2 heterocycles. The van der Waals surface area contributed by atoms with Crippen LogP contribution in [-0.4, -0.2) is 39.0 Å². The van der Waals surface area contributed by atoms with Gasteiger partial charge in [-0.15, -0.1) is 6.42 Å². The maximum Gasteiger partial charge on any atom is 0.262 e. The van der Waals surface area contributed by atoms with E-state index in [4.69, 9.17) is 20.3 Å². The molecule has 1 aliphatic heterocycles. The zero-order valence-electron chi connectivity index (χ0n) is 17.7. The van der Waals surface area contributed by atoms with Gasteiger partial charge in [0.2, 0.25) is 0 Å². The van der Waals surface area contributed by atoms with Crippen LogP contribution in [-0.2, 0) is 16.6 Å². The van der Waals surface area contributed by atoms with E-state index in [0.29, 0.717) is 36.9 Å². The van der Waals surface area contributed by atoms with Gasteiger partial charge in [-0.2, -0.15) is 0 Å². The van der Waals surface area contributed by atoms with Gasteiger partial charge in [0, 0.05) is 23.7 Å². The first-order valence-corrected chi connectivity index (χ1v) is 11.7. The van der Waals surface area contributed by atoms with Gasteiger partial charge in [0.25, 0.3) is 15.9 Å². The molecule has 0 saturated heterocycles. The number of carbonyl (C=O) groups is 1. The number of hydrogen-bond donors (Lipinski definition) is 1. The second kappa shape index (κ2) is 9.71. The summed E-state index contributed by atoms with van der Waals surface area (Å²) in [4.78, 5) is 14.5. The van der Waals surface area contributed by atoms with Crippen molar-refractivity contribution >= 4 is 21.6 Å². The highest BCUT2D eigenvalue weighted by Gasteiger charge is 2.21. The number of sulfonamides is 1. The monoisotopic (exact) mass is 466 g/mol. The zero-order chi connectivity index (χ0) is 23.3. The van der Waals surface area contributed by atoms with Crippen molar-refractivity contribution in [1.29, 1.82) is 0 Å². The van der Waals surface area contributed by atoms with E-state index in [2.05, 4.69) is 10.6 Å². The molecule has 0 saturated carbocycles. The van der Waals surface area contributed by atoms with Gasteiger partial charge in [-0.1, -0.05) is 12.0 Å². The smallest absolute Gasteiger partial charge is 0.262 e. The third-order valence-electron chi connectivity index (χ3n) is 4.89. The molecule has 0 atom stereocenters. The van der Waals surface area contributed by atoms with E-state index in [9.17, 15) is 13.2 Å². The van der Waals surface area contributed by atoms with E-state index in [1.54, 1.807) is 36.4 Å². The Hall–Kier alpha value is -3.90. The van der Waals surface area contributed by atoms with E-state index in [1.807, 2.05) is 0 Å². The molecular formula is C24H22N2O6S. The fraction of sp³-hybridized carbons (Fsp3) is 0.208. The predicted octanol–water partition coefficient (Wildman–Crippen LogP) is 3.52. The van der Waals surface area contributed by atoms with Gasteiger partial charge in [0.15, 0.2) is 11.5 Å². The number of rotatable bonds is 7. The van der Waals surface area contributed by atoms with Crippen LogP contribution in [0.1, 0.15) is 22.5 Å². The largest absolute Gasteiger partial charge is 0.490 e. The summed E-state index contributed by atoms with van der Waals surface area (Å²) in [5.74, 6) is 3.59. The summed E-state index contributed by atoms with van der Waals surface area (Å²) in [6.45, 7) is 1.23. The Bertz CT molecular complexity index is 1280. The SMILES string of the molecule is C#CCN(Cc1ccco1)C(=O)c1cccc(NS(=O)(=O)c2ccc3c(c2)OCCCO3)c1. The van der Waals surface area contributed by atoms with Gasteiger partial charge in [0.05, 0.1) is 37.5 Å². The summed E-state index contributed by atoms with van der Waals surface area (Å²) < 4.78 is 44.9. The molecule has 1 amide bonds. The predicted molar refractivity (Wildman–Crippen MR) is 122 cm³/mol. The first-order chi connectivity index (χ1) is 16.0. The Morgan fingerprint density at radius 1 is 1.06 bits per heavy atom. The number of amides is 1. The zero-order valence-corrected chi connectivity index (χ0v) is 18.5. The number of nitrogens with one attached hydrogen (secondary N) is 1. The molecule has 170 valence electrons. The molecule has 8 nitrogen and oxygen atoms in total. The lowest BCUT2D eigenvalue weighted by Crippen LogP contribution is -2.30. The molecule has 0 bridgehead atoms. The minimum Gasteiger partial charge on any atom is -0.490 e. The van der Waals surface area contributed by atoms with Crippen molar-refractivity contribution in [2.24, 2.45) is 0 Å². The van der Waals surface area contributed by atoms with Crippen LogP contribution in [0.25, 0.3) is 0 Å². The Kier molecular flexibility index (Phi) is 6.56. The van der Waals surface area contributed by atoms with E-state index in [0.717, 1.165) is 0 Å². The summed E-state index contributed by atoms with van der Waals surface area (Å²) in [5.41, 5.74) is 0.530. The highest BCUT2D eigenvalue weighted by Crippen LogP contribution is 2.32. The summed E-state index contributed by atoms with van der Waals surface area (Å²) in [6, 6.07) is 14.1. The molecule has 4 rings (SSSR count). The topological polar surface area (TPSA) is 98.1 Å². The molecule has 3 aromatic rings. The third kappa shape index (κ3) is 5.30. The van der Waals surface area contributed by atoms with Gasteiger partial charge >= 0.3 is 0 Å². The lowest BCUT2D eigenvalue weighted by molar-refractivity contribution is 0.0755. The maximum absolute atomic E-state index is 13.0. The van der Waals surface area contributed by atoms with Crippen molar-refractivity contribution in [3.8, 4) is 23.8 Å². The summed E-state index contributed by atoms with van der Waals surface area (Å²) in [7, 11) is -3.93. The molecule has 1 N–H and O–H groups in total. The van der Waals surface area contributed by atoms with Crippen LogP contribution in [0.4, 0.5) is 5.69 Å². The molecule has 0 unspecified atom stereocenters. The van der Waals surface area contributed by atoms with Crippen molar-refractivity contribution in [3.05, 3.63) is 72.2 Å². The Balaban J connectivity index is 1.54. The first-order valence-electron chi connectivity index (χ1n) is 10.2. The summed E-state index contributed by atoms with van der Waals surface area (Å²) in [6.07, 6.45) is 7.66. The van der Waals surface area contributed by atoms with Crippen LogP contribution in [0.2, 0.25) is 0 Å². The number of ether oxygens (including phenoxy) is 2. The van der Waals surface area contributed by atoms with E-state index in [1.165, 1.54) is 29.4 Å². The number of furan rings is 1. The molecule has 0 spiro atoms. The second-order valence-electron chi connectivity index (χ2n) is 7.29. The van der Waals surface area contributed by atoms with Crippen molar-refractivity contribution < 1.29 is 27.1 Å². The first kappa shape index (κ1) is 22.3. The number of fused-ring (bicyclic) bond motifs is 1. The van der Waals surface area contributed by atoms with Crippen LogP contribution in [0, 0.1) is 12.3 Å². The van der Waals surface area contributed by atoms with Gasteiger partial charge in [-0.3, -0.25) is 9.52 Å². The molecule has 1 aromatic heterocycles. The fourth-order valence-corrected chi connectivity index (χ4v) is 4.39. The van der Waals surface area contributed by atoms with Crippen LogP contribution in [0.5, 0.6) is 11.5 Å². The van der Waals surface area contributed by atoms with Gasteiger partial charge in [-0.25, -0.2) is 8.42 Å². The Morgan fingerprint density at radius 3 is 2.64 bits per heavy atom. The highest BCUT2D eigenvalue weighted by atomic mass is 32.2. The van der Waals surface area contributed by atoms with Crippen molar-refractivity contribution in [2.45, 2.75) is 17.9 Å². The van der Waals surface area contributed by atoms with Crippen LogP contribution in [0.15, 0.2) is 70.2 Å². The minimum atomic E-state index is -3.93. The van der Waals surface area contributed by atoms with Gasteiger partial charge in [0.1, 0.15) is 5.76 Å². The van der Waals surface area contributed by atoms with Crippen molar-refractivity contribution in [2.75, 3.05) is 24.5 Å². The third-order valence-corrected chi connectivity index (χ3v) is 6.27. The standard InChI is InChI=1S/C24H22N2O6S/c1-2-11-26(17-20-8-4-12-30-20)24(27)18-6-3-7-19(15-18)25-33(28,29)21-9-10-22-23(16-21)32-14-5-13-31-22/h1,3-4,6-10,12,15-16,25H,5,11,13-14,17H2. The quantitative estimate of drug-likeness (QED) is 0.535. The van der Waals surface area contributed by atoms with Gasteiger partial charge in [-0.05, 0) is 42.5 Å². The van der Waals surface area contributed by atoms with E-state index in [-0.39, 0.29) is 35.1 Å².